The summed E-state index contributed by atoms with van der Waals surface area (Å²) < 4.78 is 27.6. The summed E-state index contributed by atoms with van der Waals surface area (Å²) in [5.41, 5.74) is 4.20. The van der Waals surface area contributed by atoms with Crippen LogP contribution in [0.5, 0.6) is 0 Å². The molecular formula is C21H26N4O2S. The van der Waals surface area contributed by atoms with Crippen LogP contribution in [0.2, 0.25) is 0 Å². The highest BCUT2D eigenvalue weighted by molar-refractivity contribution is 7.89. The summed E-state index contributed by atoms with van der Waals surface area (Å²) in [6.45, 7) is 8.44. The van der Waals surface area contributed by atoms with Crippen molar-refractivity contribution in [3.8, 4) is 0 Å². The van der Waals surface area contributed by atoms with Crippen molar-refractivity contribution in [2.45, 2.75) is 31.6 Å². The number of aromatic nitrogens is 2. The van der Waals surface area contributed by atoms with Crippen LogP contribution in [-0.2, 0) is 10.0 Å². The number of H-pyrrole nitrogens is 1. The maximum Gasteiger partial charge on any atom is 0.243 e. The van der Waals surface area contributed by atoms with Gasteiger partial charge in [-0.3, -0.25) is 0 Å². The third-order valence-electron chi connectivity index (χ3n) is 5.37. The van der Waals surface area contributed by atoms with Gasteiger partial charge in [-0.15, -0.1) is 0 Å². The number of sulfonamides is 1. The molecule has 0 unspecified atom stereocenters. The number of anilines is 1. The van der Waals surface area contributed by atoms with E-state index >= 15 is 0 Å². The number of piperazine rings is 1. The van der Waals surface area contributed by atoms with Crippen LogP contribution in [0.4, 0.5) is 5.69 Å². The number of nitrogens with one attached hydrogen (secondary N) is 1. The molecule has 28 heavy (non-hydrogen) atoms. The number of nitrogens with zero attached hydrogens (tertiary/aromatic N) is 3. The maximum atomic E-state index is 13.0. The van der Waals surface area contributed by atoms with Crippen molar-refractivity contribution < 1.29 is 8.42 Å². The molecule has 1 N–H and O–H groups in total. The summed E-state index contributed by atoms with van der Waals surface area (Å²) in [5.74, 6) is 1.28. The average molecular weight is 399 g/mol. The fraction of sp³-hybridized carbons (Fsp3) is 0.381. The Morgan fingerprint density at radius 2 is 1.68 bits per heavy atom. The van der Waals surface area contributed by atoms with Crippen molar-refractivity contribution in [2.75, 3.05) is 31.1 Å². The minimum Gasteiger partial charge on any atom is -0.369 e. The zero-order valence-electron chi connectivity index (χ0n) is 16.5. The fourth-order valence-corrected chi connectivity index (χ4v) is 5.10. The number of aryl methyl sites for hydroxylation is 1. The summed E-state index contributed by atoms with van der Waals surface area (Å²) in [5, 5.41) is 0. The van der Waals surface area contributed by atoms with E-state index in [1.165, 1.54) is 0 Å². The topological polar surface area (TPSA) is 69.3 Å². The molecule has 0 spiro atoms. The molecule has 0 atom stereocenters. The predicted octanol–water partition coefficient (Wildman–Crippen LogP) is 3.51. The van der Waals surface area contributed by atoms with Gasteiger partial charge in [-0.2, -0.15) is 4.31 Å². The number of aromatic amines is 1. The molecule has 0 saturated carbocycles. The van der Waals surface area contributed by atoms with Gasteiger partial charge in [-0.05, 0) is 48.7 Å². The van der Waals surface area contributed by atoms with E-state index in [0.717, 1.165) is 28.1 Å². The summed E-state index contributed by atoms with van der Waals surface area (Å²) in [6, 6.07) is 13.4. The molecule has 148 valence electrons. The van der Waals surface area contributed by atoms with Crippen molar-refractivity contribution in [3.63, 3.8) is 0 Å². The molecule has 7 heteroatoms. The molecule has 6 nitrogen and oxygen atoms in total. The highest BCUT2D eigenvalue weighted by Crippen LogP contribution is 2.25. The number of fused-ring (bicyclic) bond motifs is 1. The van der Waals surface area contributed by atoms with Gasteiger partial charge in [0.15, 0.2) is 0 Å². The van der Waals surface area contributed by atoms with Crippen molar-refractivity contribution in [1.29, 1.82) is 0 Å². The van der Waals surface area contributed by atoms with E-state index in [1.807, 2.05) is 25.1 Å². The van der Waals surface area contributed by atoms with E-state index in [1.54, 1.807) is 16.4 Å². The summed E-state index contributed by atoms with van der Waals surface area (Å²) >= 11 is 0. The third-order valence-corrected chi connectivity index (χ3v) is 7.29. The second kappa shape index (κ2) is 7.22. The lowest BCUT2D eigenvalue weighted by Crippen LogP contribution is -2.48. The highest BCUT2D eigenvalue weighted by Gasteiger charge is 2.28. The van der Waals surface area contributed by atoms with Crippen molar-refractivity contribution in [2.24, 2.45) is 0 Å². The van der Waals surface area contributed by atoms with Crippen LogP contribution in [0, 0.1) is 6.92 Å². The Kier molecular flexibility index (Phi) is 4.89. The van der Waals surface area contributed by atoms with Crippen molar-refractivity contribution in [1.82, 2.24) is 14.3 Å². The van der Waals surface area contributed by atoms with Gasteiger partial charge in [-0.1, -0.05) is 26.0 Å². The smallest absolute Gasteiger partial charge is 0.243 e. The first-order valence-corrected chi connectivity index (χ1v) is 11.1. The van der Waals surface area contributed by atoms with Gasteiger partial charge >= 0.3 is 0 Å². The molecule has 0 amide bonds. The molecule has 1 saturated heterocycles. The van der Waals surface area contributed by atoms with E-state index in [0.29, 0.717) is 37.0 Å². The Balaban J connectivity index is 1.47. The molecule has 1 aliphatic rings. The highest BCUT2D eigenvalue weighted by atomic mass is 32.2. The molecule has 2 heterocycles. The van der Waals surface area contributed by atoms with Gasteiger partial charge in [0.1, 0.15) is 5.82 Å². The predicted molar refractivity (Wildman–Crippen MR) is 112 cm³/mol. The lowest BCUT2D eigenvalue weighted by molar-refractivity contribution is 0.385. The molecule has 3 aromatic rings. The number of imidazole rings is 1. The van der Waals surface area contributed by atoms with Crippen LogP contribution in [0.25, 0.3) is 11.0 Å². The molecule has 4 rings (SSSR count). The van der Waals surface area contributed by atoms with Crippen molar-refractivity contribution in [3.05, 3.63) is 53.9 Å². The van der Waals surface area contributed by atoms with Crippen LogP contribution in [0.3, 0.4) is 0 Å². The Labute approximate surface area is 166 Å². The zero-order valence-corrected chi connectivity index (χ0v) is 17.3. The van der Waals surface area contributed by atoms with Gasteiger partial charge in [0.25, 0.3) is 0 Å². The van der Waals surface area contributed by atoms with Gasteiger partial charge in [0.2, 0.25) is 10.0 Å². The molecule has 0 radical (unpaired) electrons. The van der Waals surface area contributed by atoms with E-state index in [4.69, 9.17) is 0 Å². The molecule has 1 aliphatic heterocycles. The molecule has 1 aromatic heterocycles. The van der Waals surface area contributed by atoms with Crippen LogP contribution < -0.4 is 4.90 Å². The second-order valence-corrected chi connectivity index (χ2v) is 9.58. The maximum absolute atomic E-state index is 13.0. The normalized spacial score (nSPS) is 16.2. The standard InChI is InChI=1S/C21H26N4O2S/c1-15(2)17-4-7-19(8-5-17)28(26,27)25-12-10-24(11-13-25)18-6-9-20-21(14-18)23-16(3)22-20/h4-9,14-15H,10-13H2,1-3H3,(H,22,23). The SMILES string of the molecule is Cc1nc2ccc(N3CCN(S(=O)(=O)c4ccc(C(C)C)cc4)CC3)cc2[nH]1. The monoisotopic (exact) mass is 398 g/mol. The lowest BCUT2D eigenvalue weighted by atomic mass is 10.0. The number of rotatable bonds is 4. The largest absolute Gasteiger partial charge is 0.369 e. The van der Waals surface area contributed by atoms with E-state index in [2.05, 4.69) is 40.8 Å². The first kappa shape index (κ1) is 19.0. The molecule has 1 fully saturated rings. The number of benzene rings is 2. The van der Waals surface area contributed by atoms with Crippen LogP contribution >= 0.6 is 0 Å². The molecule has 2 aromatic carbocycles. The number of hydrogen-bond acceptors (Lipinski definition) is 4. The molecule has 0 aliphatic carbocycles. The molecular weight excluding hydrogens is 372 g/mol. The van der Waals surface area contributed by atoms with Crippen LogP contribution in [0.1, 0.15) is 31.2 Å². The van der Waals surface area contributed by atoms with Gasteiger partial charge < -0.3 is 9.88 Å². The van der Waals surface area contributed by atoms with E-state index < -0.39 is 10.0 Å². The van der Waals surface area contributed by atoms with Gasteiger partial charge in [0, 0.05) is 31.9 Å². The molecule has 0 bridgehead atoms. The van der Waals surface area contributed by atoms with Gasteiger partial charge in [0.05, 0.1) is 15.9 Å². The summed E-state index contributed by atoms with van der Waals surface area (Å²) in [4.78, 5) is 10.3. The summed E-state index contributed by atoms with van der Waals surface area (Å²) in [7, 11) is -3.45. The minimum atomic E-state index is -3.45. The lowest BCUT2D eigenvalue weighted by Gasteiger charge is -2.35. The first-order valence-electron chi connectivity index (χ1n) is 9.66. The minimum absolute atomic E-state index is 0.375. The van der Waals surface area contributed by atoms with Crippen molar-refractivity contribution >= 4 is 26.7 Å². The van der Waals surface area contributed by atoms with E-state index in [9.17, 15) is 8.42 Å². The van der Waals surface area contributed by atoms with E-state index in [-0.39, 0.29) is 0 Å². The Morgan fingerprint density at radius 1 is 1.00 bits per heavy atom. The number of hydrogen-bond donors (Lipinski definition) is 1. The average Bonchev–Trinajstić information content (AvgIpc) is 3.07. The quantitative estimate of drug-likeness (QED) is 0.730. The Bertz CT molecular complexity index is 1080. The summed E-state index contributed by atoms with van der Waals surface area (Å²) in [6.07, 6.45) is 0. The zero-order chi connectivity index (χ0) is 19.9. The Hall–Kier alpha value is -2.38. The second-order valence-electron chi connectivity index (χ2n) is 7.64. The van der Waals surface area contributed by atoms with Crippen LogP contribution in [0.15, 0.2) is 47.4 Å². The fourth-order valence-electron chi connectivity index (χ4n) is 3.68. The van der Waals surface area contributed by atoms with Crippen LogP contribution in [-0.4, -0.2) is 48.9 Å². The first-order chi connectivity index (χ1) is 13.3. The Morgan fingerprint density at radius 3 is 2.32 bits per heavy atom. The third kappa shape index (κ3) is 3.52. The van der Waals surface area contributed by atoms with Gasteiger partial charge in [-0.25, -0.2) is 13.4 Å².